The molecule has 0 unspecified atom stereocenters. The zero-order valence-electron chi connectivity index (χ0n) is 8.47. The molecule has 0 saturated heterocycles. The summed E-state index contributed by atoms with van der Waals surface area (Å²) in [6.07, 6.45) is 1.80. The number of benzene rings is 1. The summed E-state index contributed by atoms with van der Waals surface area (Å²) in [5.41, 5.74) is 7.79. The van der Waals surface area contributed by atoms with Crippen LogP contribution in [0.15, 0.2) is 52.5 Å². The first-order chi connectivity index (χ1) is 7.27. The van der Waals surface area contributed by atoms with Crippen LogP contribution in [0, 0.1) is 6.92 Å². The molecule has 0 fully saturated rings. The fourth-order valence-corrected chi connectivity index (χ4v) is 2.17. The Kier molecular flexibility index (Phi) is 2.92. The molecule has 0 spiro atoms. The molecule has 2 aromatic rings. The number of anilines is 1. The van der Waals surface area contributed by atoms with Crippen LogP contribution < -0.4 is 5.73 Å². The number of nitrogen functional groups attached to an aromatic ring is 1. The second-order valence-electron chi connectivity index (χ2n) is 3.24. The molecule has 15 heavy (non-hydrogen) atoms. The van der Waals surface area contributed by atoms with Gasteiger partial charge in [0.25, 0.3) is 0 Å². The van der Waals surface area contributed by atoms with Crippen LogP contribution in [0.2, 0.25) is 0 Å². The zero-order valence-corrected chi connectivity index (χ0v) is 9.29. The van der Waals surface area contributed by atoms with E-state index in [1.165, 1.54) is 0 Å². The van der Waals surface area contributed by atoms with Crippen molar-refractivity contribution >= 4 is 17.4 Å². The third-order valence-corrected chi connectivity index (χ3v) is 3.29. The van der Waals surface area contributed by atoms with E-state index in [9.17, 15) is 0 Å². The van der Waals surface area contributed by atoms with Crippen molar-refractivity contribution < 1.29 is 0 Å². The van der Waals surface area contributed by atoms with Gasteiger partial charge in [0.1, 0.15) is 5.03 Å². The van der Waals surface area contributed by atoms with Crippen LogP contribution in [0.3, 0.4) is 0 Å². The monoisotopic (exact) mass is 216 g/mol. The van der Waals surface area contributed by atoms with E-state index in [0.29, 0.717) is 0 Å². The standard InChI is InChI=1S/C12H12N2S/c1-9-10(13)5-4-6-11(9)15-12-7-2-3-8-14-12/h2-8H,13H2,1H3. The van der Waals surface area contributed by atoms with Crippen molar-refractivity contribution in [2.24, 2.45) is 0 Å². The lowest BCUT2D eigenvalue weighted by Crippen LogP contribution is -1.90. The summed E-state index contributed by atoms with van der Waals surface area (Å²) in [5.74, 6) is 0. The number of hydrogen-bond donors (Lipinski definition) is 1. The van der Waals surface area contributed by atoms with Gasteiger partial charge in [0.15, 0.2) is 0 Å². The molecule has 1 aromatic heterocycles. The minimum atomic E-state index is 0.830. The van der Waals surface area contributed by atoms with E-state index in [1.807, 2.05) is 37.3 Å². The van der Waals surface area contributed by atoms with Crippen LogP contribution in [-0.2, 0) is 0 Å². The normalized spacial score (nSPS) is 10.2. The van der Waals surface area contributed by atoms with Gasteiger partial charge < -0.3 is 5.73 Å². The molecule has 2 nitrogen and oxygen atoms in total. The van der Waals surface area contributed by atoms with Crippen molar-refractivity contribution in [3.63, 3.8) is 0 Å². The molecule has 1 heterocycles. The van der Waals surface area contributed by atoms with Gasteiger partial charge in [-0.25, -0.2) is 4.98 Å². The zero-order chi connectivity index (χ0) is 10.7. The van der Waals surface area contributed by atoms with Crippen LogP contribution in [0.5, 0.6) is 0 Å². The molecular formula is C12H12N2S. The van der Waals surface area contributed by atoms with E-state index in [4.69, 9.17) is 5.73 Å². The summed E-state index contributed by atoms with van der Waals surface area (Å²) in [6, 6.07) is 11.8. The summed E-state index contributed by atoms with van der Waals surface area (Å²) in [7, 11) is 0. The van der Waals surface area contributed by atoms with Gasteiger partial charge >= 0.3 is 0 Å². The first-order valence-corrected chi connectivity index (χ1v) is 5.53. The maximum Gasteiger partial charge on any atom is 0.101 e. The number of nitrogens with zero attached hydrogens (tertiary/aromatic N) is 1. The van der Waals surface area contributed by atoms with Crippen molar-refractivity contribution in [3.8, 4) is 0 Å². The van der Waals surface area contributed by atoms with E-state index >= 15 is 0 Å². The highest BCUT2D eigenvalue weighted by atomic mass is 32.2. The molecule has 0 bridgehead atoms. The van der Waals surface area contributed by atoms with Gasteiger partial charge in [-0.05, 0) is 36.8 Å². The minimum Gasteiger partial charge on any atom is -0.398 e. The van der Waals surface area contributed by atoms with Crippen LogP contribution in [0.1, 0.15) is 5.56 Å². The van der Waals surface area contributed by atoms with Crippen molar-refractivity contribution in [2.45, 2.75) is 16.8 Å². The lowest BCUT2D eigenvalue weighted by molar-refractivity contribution is 1.13. The van der Waals surface area contributed by atoms with Gasteiger partial charge in [-0.1, -0.05) is 23.9 Å². The maximum atomic E-state index is 5.84. The third kappa shape index (κ3) is 2.30. The smallest absolute Gasteiger partial charge is 0.101 e. The third-order valence-electron chi connectivity index (χ3n) is 2.18. The van der Waals surface area contributed by atoms with Crippen LogP contribution in [-0.4, -0.2) is 4.98 Å². The fourth-order valence-electron chi connectivity index (χ4n) is 1.26. The van der Waals surface area contributed by atoms with E-state index in [0.717, 1.165) is 21.2 Å². The molecule has 0 aliphatic carbocycles. The summed E-state index contributed by atoms with van der Waals surface area (Å²) in [5, 5.41) is 0.992. The SMILES string of the molecule is Cc1c(N)cccc1Sc1ccccn1. The highest BCUT2D eigenvalue weighted by molar-refractivity contribution is 7.99. The molecular weight excluding hydrogens is 204 g/mol. The summed E-state index contributed by atoms with van der Waals surface area (Å²) in [4.78, 5) is 5.43. The maximum absolute atomic E-state index is 5.84. The molecule has 0 amide bonds. The highest BCUT2D eigenvalue weighted by Crippen LogP contribution is 2.30. The van der Waals surface area contributed by atoms with E-state index in [1.54, 1.807) is 18.0 Å². The van der Waals surface area contributed by atoms with Crippen LogP contribution in [0.4, 0.5) is 5.69 Å². The average Bonchev–Trinajstić information content (AvgIpc) is 2.26. The number of rotatable bonds is 2. The topological polar surface area (TPSA) is 38.9 Å². The van der Waals surface area contributed by atoms with Crippen LogP contribution in [0.25, 0.3) is 0 Å². The van der Waals surface area contributed by atoms with E-state index in [2.05, 4.69) is 11.1 Å². The van der Waals surface area contributed by atoms with Gasteiger partial charge in [-0.15, -0.1) is 0 Å². The van der Waals surface area contributed by atoms with Gasteiger partial charge in [-0.3, -0.25) is 0 Å². The minimum absolute atomic E-state index is 0.830. The van der Waals surface area contributed by atoms with Crippen LogP contribution >= 0.6 is 11.8 Å². The summed E-state index contributed by atoms with van der Waals surface area (Å²) >= 11 is 1.64. The summed E-state index contributed by atoms with van der Waals surface area (Å²) < 4.78 is 0. The second kappa shape index (κ2) is 4.36. The molecule has 0 saturated carbocycles. The van der Waals surface area contributed by atoms with E-state index < -0.39 is 0 Å². The Bertz CT molecular complexity index is 454. The second-order valence-corrected chi connectivity index (χ2v) is 4.30. The Balaban J connectivity index is 2.29. The average molecular weight is 216 g/mol. The quantitative estimate of drug-likeness (QED) is 0.784. The largest absolute Gasteiger partial charge is 0.398 e. The first kappa shape index (κ1) is 10.1. The fraction of sp³-hybridized carbons (Fsp3) is 0.0833. The predicted molar refractivity (Wildman–Crippen MR) is 64.0 cm³/mol. The molecule has 0 aliphatic heterocycles. The van der Waals surface area contributed by atoms with Crippen molar-refractivity contribution in [1.29, 1.82) is 0 Å². The number of pyridine rings is 1. The Hall–Kier alpha value is -1.48. The molecule has 2 N–H and O–H groups in total. The molecule has 3 heteroatoms. The van der Waals surface area contributed by atoms with Gasteiger partial charge in [0.05, 0.1) is 0 Å². The van der Waals surface area contributed by atoms with Crippen molar-refractivity contribution in [1.82, 2.24) is 4.98 Å². The Morgan fingerprint density at radius 2 is 2.00 bits per heavy atom. The predicted octanol–water partition coefficient (Wildman–Crippen LogP) is 3.12. The Morgan fingerprint density at radius 3 is 2.73 bits per heavy atom. The highest BCUT2D eigenvalue weighted by Gasteiger charge is 2.03. The van der Waals surface area contributed by atoms with Gasteiger partial charge in [0.2, 0.25) is 0 Å². The molecule has 0 atom stereocenters. The molecule has 76 valence electrons. The van der Waals surface area contributed by atoms with Crippen molar-refractivity contribution in [2.75, 3.05) is 5.73 Å². The van der Waals surface area contributed by atoms with Gasteiger partial charge in [0, 0.05) is 16.8 Å². The number of nitrogens with two attached hydrogens (primary N) is 1. The van der Waals surface area contributed by atoms with E-state index in [-0.39, 0.29) is 0 Å². The lowest BCUT2D eigenvalue weighted by atomic mass is 10.2. The molecule has 1 aromatic carbocycles. The first-order valence-electron chi connectivity index (χ1n) is 4.71. The molecule has 0 aliphatic rings. The lowest BCUT2D eigenvalue weighted by Gasteiger charge is -2.06. The van der Waals surface area contributed by atoms with Gasteiger partial charge in [-0.2, -0.15) is 0 Å². The molecule has 2 rings (SSSR count). The van der Waals surface area contributed by atoms with Crippen molar-refractivity contribution in [3.05, 3.63) is 48.2 Å². The Morgan fingerprint density at radius 1 is 1.13 bits per heavy atom. The Labute approximate surface area is 93.5 Å². The number of hydrogen-bond acceptors (Lipinski definition) is 3. The molecule has 0 radical (unpaired) electrons. The summed E-state index contributed by atoms with van der Waals surface area (Å²) in [6.45, 7) is 2.03. The number of aromatic nitrogens is 1.